The lowest BCUT2D eigenvalue weighted by Gasteiger charge is -2.49. The number of halogens is 1. The van der Waals surface area contributed by atoms with Gasteiger partial charge in [0.05, 0.1) is 23.1 Å². The number of nitrogens with zero attached hydrogens (tertiary/aromatic N) is 1. The van der Waals surface area contributed by atoms with E-state index in [1.165, 1.54) is 11.1 Å². The number of ether oxygens (including phenoxy) is 1. The highest BCUT2D eigenvalue weighted by Gasteiger charge is 2.61. The molecule has 1 amide bonds. The van der Waals surface area contributed by atoms with Gasteiger partial charge in [-0.2, -0.15) is 0 Å². The summed E-state index contributed by atoms with van der Waals surface area (Å²) >= 11 is 6.41. The Morgan fingerprint density at radius 3 is 2.67 bits per heavy atom. The Kier molecular flexibility index (Phi) is 7.10. The van der Waals surface area contributed by atoms with Crippen molar-refractivity contribution in [2.45, 2.75) is 82.0 Å². The molecule has 2 N–H and O–H groups in total. The van der Waals surface area contributed by atoms with Crippen molar-refractivity contribution in [3.05, 3.63) is 58.1 Å². The summed E-state index contributed by atoms with van der Waals surface area (Å²) in [6.45, 7) is 7.84. The van der Waals surface area contributed by atoms with Crippen molar-refractivity contribution in [1.29, 1.82) is 0 Å². The number of benzene rings is 2. The van der Waals surface area contributed by atoms with Crippen LogP contribution in [0, 0.1) is 29.6 Å². The van der Waals surface area contributed by atoms with Crippen molar-refractivity contribution < 1.29 is 23.1 Å². The van der Waals surface area contributed by atoms with Crippen LogP contribution in [0.5, 0.6) is 5.75 Å². The third kappa shape index (κ3) is 4.96. The van der Waals surface area contributed by atoms with E-state index in [4.69, 9.17) is 16.3 Å². The third-order valence-corrected chi connectivity index (χ3v) is 13.8. The summed E-state index contributed by atoms with van der Waals surface area (Å²) in [7, 11) is -3.86. The van der Waals surface area contributed by atoms with Gasteiger partial charge in [0.1, 0.15) is 5.75 Å². The first-order valence-electron chi connectivity index (χ1n) is 16.0. The predicted octanol–water partition coefficient (Wildman–Crippen LogP) is 5.71. The Morgan fingerprint density at radius 2 is 1.91 bits per heavy atom. The minimum Gasteiger partial charge on any atom is -0.490 e. The number of amides is 1. The first-order valence-corrected chi connectivity index (χ1v) is 17.9. The van der Waals surface area contributed by atoms with E-state index in [2.05, 4.69) is 28.7 Å². The highest BCUT2D eigenvalue weighted by atomic mass is 35.5. The fourth-order valence-electron chi connectivity index (χ4n) is 9.17. The summed E-state index contributed by atoms with van der Waals surface area (Å²) < 4.78 is 35.3. The number of hydrogen-bond acceptors (Lipinski definition) is 6. The number of rotatable bonds is 0. The molecule has 5 aliphatic rings. The zero-order valence-corrected chi connectivity index (χ0v) is 26.9. The molecule has 232 valence electrons. The molecule has 2 aliphatic heterocycles. The summed E-state index contributed by atoms with van der Waals surface area (Å²) in [6.07, 6.45) is 6.21. The molecule has 2 bridgehead atoms. The van der Waals surface area contributed by atoms with Gasteiger partial charge in [0.15, 0.2) is 0 Å². The average molecular weight is 627 g/mol. The Hall–Kier alpha value is -2.29. The van der Waals surface area contributed by atoms with Crippen molar-refractivity contribution in [3.63, 3.8) is 0 Å². The zero-order valence-electron chi connectivity index (χ0n) is 25.3. The third-order valence-electron chi connectivity index (χ3n) is 11.8. The highest BCUT2D eigenvalue weighted by Crippen LogP contribution is 2.61. The molecule has 0 aromatic heterocycles. The smallest absolute Gasteiger partial charge is 0.264 e. The number of aryl methyl sites for hydroxylation is 1. The Labute approximate surface area is 260 Å². The Morgan fingerprint density at radius 1 is 1.09 bits per heavy atom. The molecule has 43 heavy (non-hydrogen) atoms. The standard InChI is InChI=1S/C34H43ClN2O5S/c1-20-6-10-26-21(2)31(26)33(3,39)27-11-7-24(27)17-37-18-34(14-4-5-22-15-25(35)9-12-28(22)34)19-42-30-13-8-23(16-29(30)37)32(38)36-43(20,40)41/h8-9,12-13,15-16,20-21,24,26-27,31,39H,4-7,10-11,14,17-19H2,1-3H3,(H,36,38)/t20-,21+,24+,26?,27-,31?,33+,34+/m1/s1. The largest absolute Gasteiger partial charge is 0.490 e. The second-order valence-corrected chi connectivity index (χ2v) is 16.9. The Balaban J connectivity index is 1.31. The molecular weight excluding hydrogens is 584 g/mol. The van der Waals surface area contributed by atoms with Crippen LogP contribution in [0.1, 0.15) is 80.8 Å². The second-order valence-electron chi connectivity index (χ2n) is 14.4. The van der Waals surface area contributed by atoms with Gasteiger partial charge in [0, 0.05) is 29.1 Å². The Bertz CT molecular complexity index is 1560. The van der Waals surface area contributed by atoms with Gasteiger partial charge in [-0.1, -0.05) is 24.6 Å². The van der Waals surface area contributed by atoms with Crippen molar-refractivity contribution in [2.24, 2.45) is 29.6 Å². The van der Waals surface area contributed by atoms with E-state index in [0.717, 1.165) is 55.8 Å². The van der Waals surface area contributed by atoms with Crippen LogP contribution < -0.4 is 14.4 Å². The molecule has 2 aromatic carbocycles. The number of fused-ring (bicyclic) bond motifs is 5. The fraction of sp³-hybridized carbons (Fsp3) is 0.618. The normalized spacial score (nSPS) is 38.3. The number of aliphatic hydroxyl groups is 1. The minimum atomic E-state index is -3.86. The van der Waals surface area contributed by atoms with Crippen LogP contribution >= 0.6 is 11.6 Å². The van der Waals surface area contributed by atoms with E-state index in [1.54, 1.807) is 19.1 Å². The minimum absolute atomic E-state index is 0.158. The van der Waals surface area contributed by atoms with Gasteiger partial charge < -0.3 is 14.7 Å². The topological polar surface area (TPSA) is 95.9 Å². The molecule has 7 nitrogen and oxygen atoms in total. The van der Waals surface area contributed by atoms with Crippen molar-refractivity contribution >= 4 is 33.2 Å². The number of nitrogens with one attached hydrogen (secondary N) is 1. The van der Waals surface area contributed by atoms with Crippen molar-refractivity contribution in [1.82, 2.24) is 4.72 Å². The van der Waals surface area contributed by atoms with Gasteiger partial charge in [0.2, 0.25) is 10.0 Å². The van der Waals surface area contributed by atoms with E-state index >= 15 is 0 Å². The lowest BCUT2D eigenvalue weighted by atomic mass is 9.63. The highest BCUT2D eigenvalue weighted by molar-refractivity contribution is 7.90. The molecule has 0 radical (unpaired) electrons. The van der Waals surface area contributed by atoms with Crippen LogP contribution in [-0.4, -0.2) is 50.0 Å². The molecule has 2 aromatic rings. The molecule has 1 spiro atoms. The van der Waals surface area contributed by atoms with Crippen molar-refractivity contribution in [3.8, 4) is 5.75 Å². The first-order chi connectivity index (χ1) is 20.4. The predicted molar refractivity (Wildman–Crippen MR) is 168 cm³/mol. The first kappa shape index (κ1) is 29.4. The van der Waals surface area contributed by atoms with Gasteiger partial charge >= 0.3 is 0 Å². The molecule has 3 aliphatic carbocycles. The molecule has 8 atom stereocenters. The molecule has 2 unspecified atom stereocenters. The zero-order chi connectivity index (χ0) is 30.3. The van der Waals surface area contributed by atoms with Gasteiger partial charge in [-0.25, -0.2) is 13.1 Å². The summed E-state index contributed by atoms with van der Waals surface area (Å²) in [5, 5.41) is 12.1. The van der Waals surface area contributed by atoms with Crippen LogP contribution in [0.4, 0.5) is 5.69 Å². The van der Waals surface area contributed by atoms with E-state index in [0.29, 0.717) is 42.7 Å². The van der Waals surface area contributed by atoms with Crippen molar-refractivity contribution in [2.75, 3.05) is 24.6 Å². The molecular formula is C34H43ClN2O5S. The maximum atomic E-state index is 13.4. The van der Waals surface area contributed by atoms with Gasteiger partial charge in [0.25, 0.3) is 5.91 Å². The average Bonchev–Trinajstić information content (AvgIpc) is 3.63. The summed E-state index contributed by atoms with van der Waals surface area (Å²) in [6, 6.07) is 11.5. The summed E-state index contributed by atoms with van der Waals surface area (Å²) in [4.78, 5) is 15.7. The van der Waals surface area contributed by atoms with Crippen LogP contribution in [0.2, 0.25) is 5.02 Å². The molecule has 9 heteroatoms. The molecule has 2 saturated carbocycles. The van der Waals surface area contributed by atoms with Gasteiger partial charge in [-0.15, -0.1) is 0 Å². The van der Waals surface area contributed by atoms with E-state index in [9.17, 15) is 18.3 Å². The lowest BCUT2D eigenvalue weighted by Crippen LogP contribution is -2.53. The SMILES string of the molecule is C[C@H]1C2CC[C@@H](C)S(=O)(=O)NC(=O)c3ccc4c(c3)N(C[C@@H]3CC[C@H]3[C@](C)(O)C21)C[C@@]1(CCCc2cc(Cl)ccc21)CO4. The number of anilines is 1. The molecule has 0 saturated heterocycles. The van der Waals surface area contributed by atoms with Gasteiger partial charge in [-0.05, 0) is 130 Å². The maximum absolute atomic E-state index is 13.4. The monoisotopic (exact) mass is 626 g/mol. The summed E-state index contributed by atoms with van der Waals surface area (Å²) in [5.74, 6) is 1.36. The maximum Gasteiger partial charge on any atom is 0.264 e. The van der Waals surface area contributed by atoms with Crippen LogP contribution in [0.3, 0.4) is 0 Å². The van der Waals surface area contributed by atoms with E-state index < -0.39 is 26.8 Å². The van der Waals surface area contributed by atoms with Crippen LogP contribution in [0.15, 0.2) is 36.4 Å². The summed E-state index contributed by atoms with van der Waals surface area (Å²) in [5.41, 5.74) is 2.59. The number of carbonyl (C=O) groups excluding carboxylic acids is 1. The second kappa shape index (κ2) is 10.4. The van der Waals surface area contributed by atoms with E-state index in [1.807, 2.05) is 19.1 Å². The molecule has 2 fully saturated rings. The fourth-order valence-corrected chi connectivity index (χ4v) is 10.4. The van der Waals surface area contributed by atoms with E-state index in [-0.39, 0.29) is 23.2 Å². The van der Waals surface area contributed by atoms with Crippen LogP contribution in [0.25, 0.3) is 0 Å². The molecule has 2 heterocycles. The van der Waals surface area contributed by atoms with Crippen LogP contribution in [-0.2, 0) is 21.9 Å². The lowest BCUT2D eigenvalue weighted by molar-refractivity contribution is -0.0891. The number of hydrogen-bond donors (Lipinski definition) is 2. The molecule has 7 rings (SSSR count). The number of sulfonamides is 1. The van der Waals surface area contributed by atoms with Gasteiger partial charge in [-0.3, -0.25) is 4.79 Å². The number of carbonyl (C=O) groups is 1. The quantitative estimate of drug-likeness (QED) is 0.389.